The molecule has 1 aliphatic rings. The summed E-state index contributed by atoms with van der Waals surface area (Å²) in [6.07, 6.45) is 30.6. The van der Waals surface area contributed by atoms with Crippen molar-refractivity contribution in [3.8, 4) is 0 Å². The lowest BCUT2D eigenvalue weighted by Crippen LogP contribution is -2.33. The van der Waals surface area contributed by atoms with Crippen LogP contribution in [0.15, 0.2) is 84.9 Å². The van der Waals surface area contributed by atoms with Crippen molar-refractivity contribution in [2.24, 2.45) is 5.92 Å². The van der Waals surface area contributed by atoms with Crippen LogP contribution < -0.4 is 11.5 Å². The molecule has 1 fully saturated rings. The normalized spacial score (nSPS) is 18.0. The van der Waals surface area contributed by atoms with Crippen molar-refractivity contribution in [3.63, 3.8) is 0 Å². The first-order chi connectivity index (χ1) is 28.3. The predicted octanol–water partition coefficient (Wildman–Crippen LogP) is 16.7. The number of benzene rings is 4. The van der Waals surface area contributed by atoms with Gasteiger partial charge >= 0.3 is 0 Å². The molecule has 0 aliphatic heterocycles. The van der Waals surface area contributed by atoms with Crippen molar-refractivity contribution in [1.82, 2.24) is 0 Å². The number of unbranched alkanes of at least 4 members (excludes halogenated alkanes) is 13. The number of nitrogen functional groups attached to an aromatic ring is 2. The monoisotopic (exact) mass is 783 g/mol. The van der Waals surface area contributed by atoms with E-state index in [0.717, 1.165) is 17.3 Å². The third kappa shape index (κ3) is 12.7. The molecule has 4 aromatic carbocycles. The molecule has 4 N–H and O–H groups in total. The van der Waals surface area contributed by atoms with Gasteiger partial charge in [-0.15, -0.1) is 0 Å². The molecular weight excluding hydrogens is 701 g/mol. The molecule has 1 saturated carbocycles. The highest BCUT2D eigenvalue weighted by Crippen LogP contribution is 2.48. The maximum atomic E-state index is 6.23. The van der Waals surface area contributed by atoms with Crippen LogP contribution in [0.25, 0.3) is 0 Å². The van der Waals surface area contributed by atoms with E-state index in [1.165, 1.54) is 192 Å². The Kier molecular flexibility index (Phi) is 18.8. The molecular formula is C56H82N2. The zero-order chi connectivity index (χ0) is 41.2. The van der Waals surface area contributed by atoms with Crippen LogP contribution >= 0.6 is 0 Å². The Morgan fingerprint density at radius 3 is 1.26 bits per heavy atom. The SMILES string of the molecule is CCCCCCCCCCCCC1CCC(c2ccc(C(CCCCC)c3ccc(N)cc3C)cc2)(c2ccc(C(CCCCC)c3ccc(N)cc3C)cc2)CC1. The maximum Gasteiger partial charge on any atom is 0.0316 e. The Hall–Kier alpha value is -3.52. The summed E-state index contributed by atoms with van der Waals surface area (Å²) >= 11 is 0. The van der Waals surface area contributed by atoms with Gasteiger partial charge in [0.15, 0.2) is 0 Å². The van der Waals surface area contributed by atoms with E-state index >= 15 is 0 Å². The Labute approximate surface area is 356 Å². The van der Waals surface area contributed by atoms with E-state index in [-0.39, 0.29) is 5.41 Å². The van der Waals surface area contributed by atoms with Gasteiger partial charge in [0, 0.05) is 28.6 Å². The fourth-order valence-electron chi connectivity index (χ4n) is 10.6. The average molecular weight is 783 g/mol. The molecule has 2 atom stereocenters. The van der Waals surface area contributed by atoms with Crippen molar-refractivity contribution < 1.29 is 0 Å². The molecule has 0 aromatic heterocycles. The number of hydrogen-bond donors (Lipinski definition) is 2. The summed E-state index contributed by atoms with van der Waals surface area (Å²) in [5.41, 5.74) is 25.6. The van der Waals surface area contributed by atoms with Gasteiger partial charge in [-0.2, -0.15) is 0 Å². The van der Waals surface area contributed by atoms with E-state index in [2.05, 4.69) is 120 Å². The van der Waals surface area contributed by atoms with Crippen molar-refractivity contribution >= 4 is 11.4 Å². The number of nitrogens with two attached hydrogens (primary N) is 2. The lowest BCUT2D eigenvalue weighted by atomic mass is 9.62. The molecule has 0 heterocycles. The molecule has 316 valence electrons. The molecule has 0 amide bonds. The fraction of sp³-hybridized carbons (Fsp3) is 0.571. The average Bonchev–Trinajstić information content (AvgIpc) is 3.23. The van der Waals surface area contributed by atoms with Crippen LogP contribution in [0.4, 0.5) is 11.4 Å². The summed E-state index contributed by atoms with van der Waals surface area (Å²) < 4.78 is 0. The Bertz CT molecular complexity index is 1630. The lowest BCUT2D eigenvalue weighted by molar-refractivity contribution is 0.250. The van der Waals surface area contributed by atoms with Crippen LogP contribution in [0.3, 0.4) is 0 Å². The molecule has 1 aliphatic carbocycles. The van der Waals surface area contributed by atoms with Crippen molar-refractivity contribution in [3.05, 3.63) is 129 Å². The Morgan fingerprint density at radius 2 is 0.862 bits per heavy atom. The van der Waals surface area contributed by atoms with E-state index in [1.54, 1.807) is 0 Å². The highest BCUT2D eigenvalue weighted by molar-refractivity contribution is 5.51. The van der Waals surface area contributed by atoms with E-state index in [1.807, 2.05) is 0 Å². The van der Waals surface area contributed by atoms with E-state index in [4.69, 9.17) is 11.5 Å². The van der Waals surface area contributed by atoms with Gasteiger partial charge in [0.25, 0.3) is 0 Å². The summed E-state index contributed by atoms with van der Waals surface area (Å²) in [7, 11) is 0. The standard InChI is InChI=1S/C56H82N2/c1-6-9-12-13-14-15-16-17-18-21-22-45-37-39-56(40-38-45,48-29-25-46(26-30-48)54(23-19-10-7-2)52-35-33-50(57)41-43(52)4)49-31-27-47(28-32-49)55(24-20-11-8-3)53-36-34-51(58)42-44(53)5/h25-36,41-42,45,54-55H,6-24,37-40,57-58H2,1-5H3. The van der Waals surface area contributed by atoms with Gasteiger partial charge in [-0.1, -0.05) is 191 Å². The highest BCUT2D eigenvalue weighted by Gasteiger charge is 2.38. The first-order valence-corrected chi connectivity index (χ1v) is 24.2. The second kappa shape index (κ2) is 23.9. The van der Waals surface area contributed by atoms with Crippen LogP contribution in [-0.2, 0) is 5.41 Å². The topological polar surface area (TPSA) is 52.0 Å². The van der Waals surface area contributed by atoms with Crippen LogP contribution in [0, 0.1) is 19.8 Å². The number of hydrogen-bond acceptors (Lipinski definition) is 2. The van der Waals surface area contributed by atoms with Gasteiger partial charge in [0.1, 0.15) is 0 Å². The van der Waals surface area contributed by atoms with Crippen molar-refractivity contribution in [2.45, 2.75) is 200 Å². The number of rotatable bonds is 25. The second-order valence-corrected chi connectivity index (χ2v) is 18.6. The predicted molar refractivity (Wildman–Crippen MR) is 255 cm³/mol. The third-order valence-corrected chi connectivity index (χ3v) is 14.2. The zero-order valence-corrected chi connectivity index (χ0v) is 37.7. The first kappa shape index (κ1) is 45.6. The van der Waals surface area contributed by atoms with E-state index < -0.39 is 0 Å². The summed E-state index contributed by atoms with van der Waals surface area (Å²) in [5.74, 6) is 1.65. The van der Waals surface area contributed by atoms with Crippen LogP contribution in [0.1, 0.15) is 225 Å². The minimum absolute atomic E-state index is 0.0506. The summed E-state index contributed by atoms with van der Waals surface area (Å²) in [6, 6.07) is 33.1. The molecule has 0 radical (unpaired) electrons. The largest absolute Gasteiger partial charge is 0.399 e. The molecule has 0 saturated heterocycles. The molecule has 2 unspecified atom stereocenters. The Balaban J connectivity index is 1.37. The van der Waals surface area contributed by atoms with Crippen LogP contribution in [0.2, 0.25) is 0 Å². The minimum Gasteiger partial charge on any atom is -0.399 e. The van der Waals surface area contributed by atoms with Gasteiger partial charge in [0.2, 0.25) is 0 Å². The molecule has 0 bridgehead atoms. The van der Waals surface area contributed by atoms with Gasteiger partial charge in [-0.3, -0.25) is 0 Å². The van der Waals surface area contributed by atoms with Crippen molar-refractivity contribution in [2.75, 3.05) is 11.5 Å². The van der Waals surface area contributed by atoms with Gasteiger partial charge in [-0.05, 0) is 127 Å². The maximum absolute atomic E-state index is 6.23. The van der Waals surface area contributed by atoms with Gasteiger partial charge in [0.05, 0.1) is 0 Å². The minimum atomic E-state index is 0.0506. The fourth-order valence-corrected chi connectivity index (χ4v) is 10.6. The molecule has 4 aromatic rings. The zero-order valence-electron chi connectivity index (χ0n) is 37.7. The third-order valence-electron chi connectivity index (χ3n) is 14.2. The highest BCUT2D eigenvalue weighted by atomic mass is 14.5. The van der Waals surface area contributed by atoms with Gasteiger partial charge < -0.3 is 11.5 Å². The lowest BCUT2D eigenvalue weighted by Gasteiger charge is -2.42. The molecule has 58 heavy (non-hydrogen) atoms. The Morgan fingerprint density at radius 1 is 0.483 bits per heavy atom. The quantitative estimate of drug-likeness (QED) is 0.0520. The van der Waals surface area contributed by atoms with Crippen LogP contribution in [-0.4, -0.2) is 0 Å². The molecule has 2 heteroatoms. The number of anilines is 2. The van der Waals surface area contributed by atoms with Crippen molar-refractivity contribution in [1.29, 1.82) is 0 Å². The molecule has 0 spiro atoms. The van der Waals surface area contributed by atoms with E-state index in [9.17, 15) is 0 Å². The molecule has 5 rings (SSSR count). The number of aryl methyl sites for hydroxylation is 2. The molecule has 2 nitrogen and oxygen atoms in total. The summed E-state index contributed by atoms with van der Waals surface area (Å²) in [4.78, 5) is 0. The summed E-state index contributed by atoms with van der Waals surface area (Å²) in [5, 5.41) is 0. The van der Waals surface area contributed by atoms with Gasteiger partial charge in [-0.25, -0.2) is 0 Å². The second-order valence-electron chi connectivity index (χ2n) is 18.6. The smallest absolute Gasteiger partial charge is 0.0316 e. The summed E-state index contributed by atoms with van der Waals surface area (Å²) in [6.45, 7) is 11.4. The van der Waals surface area contributed by atoms with Crippen LogP contribution in [0.5, 0.6) is 0 Å². The van der Waals surface area contributed by atoms with E-state index in [0.29, 0.717) is 11.8 Å². The first-order valence-electron chi connectivity index (χ1n) is 24.2.